The van der Waals surface area contributed by atoms with E-state index in [1.54, 1.807) is 6.07 Å². The van der Waals surface area contributed by atoms with Crippen LogP contribution in [0.3, 0.4) is 0 Å². The Kier molecular flexibility index (Phi) is 4.46. The number of rotatable bonds is 4. The first kappa shape index (κ1) is 15.7. The zero-order chi connectivity index (χ0) is 16.4. The third-order valence-electron chi connectivity index (χ3n) is 4.44. The number of cyclic esters (lactones) is 1. The highest BCUT2D eigenvalue weighted by Crippen LogP contribution is 2.32. The lowest BCUT2D eigenvalue weighted by Gasteiger charge is -2.25. The van der Waals surface area contributed by atoms with Crippen LogP contribution in [-0.4, -0.2) is 12.1 Å². The molecule has 0 amide bonds. The standard InChI is InChI=1S/C20H21FO2/c1-3-5-16-12-15-10-11-17(19(21)18(15)20(22)23-16)14-8-6-13(4-2)7-9-14/h6-11,16H,3-5,12H2,1-2H3. The topological polar surface area (TPSA) is 26.3 Å². The van der Waals surface area contributed by atoms with Crippen molar-refractivity contribution in [3.63, 3.8) is 0 Å². The van der Waals surface area contributed by atoms with Gasteiger partial charge in [-0.05, 0) is 29.5 Å². The van der Waals surface area contributed by atoms with Crippen LogP contribution in [0.15, 0.2) is 36.4 Å². The number of carbonyl (C=O) groups is 1. The number of ether oxygens (including phenoxy) is 1. The van der Waals surface area contributed by atoms with Crippen LogP contribution in [0.1, 0.15) is 48.2 Å². The summed E-state index contributed by atoms with van der Waals surface area (Å²) in [5, 5.41) is 0. The van der Waals surface area contributed by atoms with Crippen molar-refractivity contribution in [1.29, 1.82) is 0 Å². The molecule has 23 heavy (non-hydrogen) atoms. The van der Waals surface area contributed by atoms with Crippen molar-refractivity contribution in [1.82, 2.24) is 0 Å². The second-order valence-corrected chi connectivity index (χ2v) is 6.03. The molecule has 3 rings (SSSR count). The van der Waals surface area contributed by atoms with Crippen LogP contribution in [0.4, 0.5) is 4.39 Å². The number of hydrogen-bond acceptors (Lipinski definition) is 2. The molecule has 2 aromatic carbocycles. The first-order valence-electron chi connectivity index (χ1n) is 8.25. The predicted octanol–water partition coefficient (Wildman–Crippen LogP) is 4.94. The molecule has 0 bridgehead atoms. The molecule has 0 spiro atoms. The summed E-state index contributed by atoms with van der Waals surface area (Å²) in [5.41, 5.74) is 3.30. The summed E-state index contributed by atoms with van der Waals surface area (Å²) in [4.78, 5) is 12.2. The maximum atomic E-state index is 14.9. The van der Waals surface area contributed by atoms with Gasteiger partial charge in [0, 0.05) is 12.0 Å². The van der Waals surface area contributed by atoms with Crippen LogP contribution < -0.4 is 0 Å². The Bertz CT molecular complexity index is 719. The Hall–Kier alpha value is -2.16. The minimum absolute atomic E-state index is 0.106. The minimum atomic E-state index is -0.533. The van der Waals surface area contributed by atoms with E-state index in [2.05, 4.69) is 6.92 Å². The van der Waals surface area contributed by atoms with E-state index in [-0.39, 0.29) is 11.7 Å². The quantitative estimate of drug-likeness (QED) is 0.748. The molecule has 0 aromatic heterocycles. The van der Waals surface area contributed by atoms with E-state index < -0.39 is 11.8 Å². The van der Waals surface area contributed by atoms with E-state index in [1.165, 1.54) is 5.56 Å². The van der Waals surface area contributed by atoms with Crippen LogP contribution in [0.25, 0.3) is 11.1 Å². The number of benzene rings is 2. The fourth-order valence-corrected chi connectivity index (χ4v) is 3.13. The Morgan fingerprint density at radius 3 is 2.52 bits per heavy atom. The zero-order valence-electron chi connectivity index (χ0n) is 13.6. The molecule has 0 aliphatic carbocycles. The second-order valence-electron chi connectivity index (χ2n) is 6.03. The molecule has 1 unspecified atom stereocenters. The molecule has 1 atom stereocenters. The first-order valence-corrected chi connectivity index (χ1v) is 8.25. The summed E-state index contributed by atoms with van der Waals surface area (Å²) in [6, 6.07) is 11.4. The van der Waals surface area contributed by atoms with E-state index in [0.29, 0.717) is 12.0 Å². The highest BCUT2D eigenvalue weighted by Gasteiger charge is 2.30. The predicted molar refractivity (Wildman–Crippen MR) is 89.0 cm³/mol. The number of aryl methyl sites for hydroxylation is 1. The van der Waals surface area contributed by atoms with Gasteiger partial charge in [0.15, 0.2) is 0 Å². The van der Waals surface area contributed by atoms with Crippen LogP contribution in [0.2, 0.25) is 0 Å². The molecule has 1 heterocycles. The maximum absolute atomic E-state index is 14.9. The molecular formula is C20H21FO2. The number of hydrogen-bond donors (Lipinski definition) is 0. The molecule has 0 fully saturated rings. The van der Waals surface area contributed by atoms with Crippen molar-refractivity contribution in [3.8, 4) is 11.1 Å². The summed E-state index contributed by atoms with van der Waals surface area (Å²) >= 11 is 0. The molecule has 0 N–H and O–H groups in total. The lowest BCUT2D eigenvalue weighted by Crippen LogP contribution is -2.28. The summed E-state index contributed by atoms with van der Waals surface area (Å²) in [6.07, 6.45) is 3.16. The van der Waals surface area contributed by atoms with Gasteiger partial charge in [0.05, 0.1) is 5.56 Å². The fourth-order valence-electron chi connectivity index (χ4n) is 3.13. The average Bonchev–Trinajstić information content (AvgIpc) is 2.55. The Labute approximate surface area is 136 Å². The number of fused-ring (bicyclic) bond motifs is 1. The van der Waals surface area contributed by atoms with Crippen LogP contribution in [-0.2, 0) is 17.6 Å². The van der Waals surface area contributed by atoms with Crippen molar-refractivity contribution in [2.75, 3.05) is 0 Å². The molecule has 1 aliphatic rings. The smallest absolute Gasteiger partial charge is 0.341 e. The minimum Gasteiger partial charge on any atom is -0.458 e. The summed E-state index contributed by atoms with van der Waals surface area (Å²) in [7, 11) is 0. The molecule has 2 aromatic rings. The van der Waals surface area contributed by atoms with E-state index >= 15 is 0 Å². The highest BCUT2D eigenvalue weighted by molar-refractivity contribution is 5.94. The van der Waals surface area contributed by atoms with Gasteiger partial charge in [0.1, 0.15) is 11.9 Å². The van der Waals surface area contributed by atoms with Crippen molar-refractivity contribution in [2.45, 2.75) is 45.6 Å². The van der Waals surface area contributed by atoms with Crippen LogP contribution >= 0.6 is 0 Å². The first-order chi connectivity index (χ1) is 11.1. The number of halogens is 1. The normalized spacial score (nSPS) is 16.8. The van der Waals surface area contributed by atoms with E-state index in [0.717, 1.165) is 30.4 Å². The summed E-state index contributed by atoms with van der Waals surface area (Å²) in [5.74, 6) is -0.999. The lowest BCUT2D eigenvalue weighted by atomic mass is 9.92. The fraction of sp³-hybridized carbons (Fsp3) is 0.350. The Morgan fingerprint density at radius 2 is 1.87 bits per heavy atom. The van der Waals surface area contributed by atoms with Gasteiger partial charge < -0.3 is 4.74 Å². The molecule has 0 saturated carbocycles. The van der Waals surface area contributed by atoms with E-state index in [1.807, 2.05) is 37.3 Å². The average molecular weight is 312 g/mol. The Balaban J connectivity index is 1.99. The third kappa shape index (κ3) is 3.00. The van der Waals surface area contributed by atoms with E-state index in [4.69, 9.17) is 4.74 Å². The van der Waals surface area contributed by atoms with Gasteiger partial charge in [-0.3, -0.25) is 0 Å². The van der Waals surface area contributed by atoms with Gasteiger partial charge in [-0.15, -0.1) is 0 Å². The van der Waals surface area contributed by atoms with Gasteiger partial charge >= 0.3 is 5.97 Å². The van der Waals surface area contributed by atoms with Crippen molar-refractivity contribution in [3.05, 3.63) is 58.9 Å². The van der Waals surface area contributed by atoms with Crippen molar-refractivity contribution in [2.24, 2.45) is 0 Å². The highest BCUT2D eigenvalue weighted by atomic mass is 19.1. The Morgan fingerprint density at radius 1 is 1.13 bits per heavy atom. The van der Waals surface area contributed by atoms with Gasteiger partial charge in [-0.25, -0.2) is 9.18 Å². The van der Waals surface area contributed by atoms with Gasteiger partial charge in [-0.1, -0.05) is 56.7 Å². The van der Waals surface area contributed by atoms with Crippen LogP contribution in [0, 0.1) is 5.82 Å². The summed E-state index contributed by atoms with van der Waals surface area (Å²) in [6.45, 7) is 4.13. The second kappa shape index (κ2) is 6.53. The van der Waals surface area contributed by atoms with E-state index in [9.17, 15) is 9.18 Å². The molecule has 1 aliphatic heterocycles. The molecular weight excluding hydrogens is 291 g/mol. The summed E-state index contributed by atoms with van der Waals surface area (Å²) < 4.78 is 20.3. The maximum Gasteiger partial charge on any atom is 0.341 e. The molecule has 120 valence electrons. The zero-order valence-corrected chi connectivity index (χ0v) is 13.6. The SMILES string of the molecule is CCCC1Cc2ccc(-c3ccc(CC)cc3)c(F)c2C(=O)O1. The van der Waals surface area contributed by atoms with Gasteiger partial charge in [0.2, 0.25) is 0 Å². The molecule has 0 saturated heterocycles. The van der Waals surface area contributed by atoms with Gasteiger partial charge in [-0.2, -0.15) is 0 Å². The molecule has 3 heteroatoms. The van der Waals surface area contributed by atoms with Crippen molar-refractivity contribution < 1.29 is 13.9 Å². The van der Waals surface area contributed by atoms with Crippen molar-refractivity contribution >= 4 is 5.97 Å². The van der Waals surface area contributed by atoms with Crippen LogP contribution in [0.5, 0.6) is 0 Å². The molecule has 2 nitrogen and oxygen atoms in total. The number of carbonyl (C=O) groups excluding carboxylic acids is 1. The lowest BCUT2D eigenvalue weighted by molar-refractivity contribution is 0.0230. The third-order valence-corrected chi connectivity index (χ3v) is 4.44. The van der Waals surface area contributed by atoms with Gasteiger partial charge in [0.25, 0.3) is 0 Å². The largest absolute Gasteiger partial charge is 0.458 e. The monoisotopic (exact) mass is 312 g/mol. The molecule has 0 radical (unpaired) electrons. The number of esters is 1.